The second-order valence-corrected chi connectivity index (χ2v) is 6.29. The van der Waals surface area contributed by atoms with Crippen molar-refractivity contribution in [3.63, 3.8) is 0 Å². The highest BCUT2D eigenvalue weighted by atomic mass is 16.4. The van der Waals surface area contributed by atoms with Crippen molar-refractivity contribution >= 4 is 35.0 Å². The summed E-state index contributed by atoms with van der Waals surface area (Å²) < 4.78 is 0. The first-order valence-corrected chi connectivity index (χ1v) is 7.89. The zero-order valence-electron chi connectivity index (χ0n) is 14.6. The van der Waals surface area contributed by atoms with Gasteiger partial charge in [0.25, 0.3) is 0 Å². The van der Waals surface area contributed by atoms with Crippen molar-refractivity contribution in [1.29, 1.82) is 0 Å². The van der Waals surface area contributed by atoms with E-state index in [1.54, 1.807) is 34.9 Å². The van der Waals surface area contributed by atoms with Crippen LogP contribution >= 0.6 is 0 Å². The van der Waals surface area contributed by atoms with Crippen LogP contribution in [0, 0.1) is 0 Å². The van der Waals surface area contributed by atoms with Crippen LogP contribution < -0.4 is 14.7 Å². The zero-order valence-corrected chi connectivity index (χ0v) is 14.6. The number of hydrogen-bond donors (Lipinski definition) is 1. The third kappa shape index (κ3) is 3.06. The third-order valence-corrected chi connectivity index (χ3v) is 4.10. The Morgan fingerprint density at radius 2 is 1.83 bits per heavy atom. The molecule has 1 atom stereocenters. The molecule has 0 bridgehead atoms. The smallest absolute Gasteiger partial charge is 0.411 e. The lowest BCUT2D eigenvalue weighted by molar-refractivity contribution is -0.117. The Hall–Kier alpha value is -2.57. The Morgan fingerprint density at radius 3 is 2.29 bits per heavy atom. The lowest BCUT2D eigenvalue weighted by Crippen LogP contribution is -2.51. The van der Waals surface area contributed by atoms with Crippen LogP contribution in [-0.4, -0.2) is 41.6 Å². The van der Waals surface area contributed by atoms with Crippen LogP contribution in [0.3, 0.4) is 0 Å². The van der Waals surface area contributed by atoms with E-state index >= 15 is 0 Å². The summed E-state index contributed by atoms with van der Waals surface area (Å²) in [5.41, 5.74) is 1.60. The van der Waals surface area contributed by atoms with Crippen LogP contribution in [0.2, 0.25) is 0 Å². The number of fused-ring (bicyclic) bond motifs is 1. The number of nitrogens with zero attached hydrogens (tertiary/aromatic N) is 3. The van der Waals surface area contributed by atoms with Gasteiger partial charge in [0, 0.05) is 32.1 Å². The van der Waals surface area contributed by atoms with Crippen molar-refractivity contribution < 1.29 is 19.5 Å². The Balaban J connectivity index is 2.63. The molecule has 0 aliphatic carbocycles. The second kappa shape index (κ2) is 6.51. The normalized spacial score (nSPS) is 16.8. The van der Waals surface area contributed by atoms with Crippen molar-refractivity contribution in [1.82, 2.24) is 0 Å². The van der Waals surface area contributed by atoms with Gasteiger partial charge in [-0.1, -0.05) is 0 Å². The second-order valence-electron chi connectivity index (χ2n) is 6.29. The van der Waals surface area contributed by atoms with Gasteiger partial charge in [0.1, 0.15) is 0 Å². The molecule has 0 radical (unpaired) electrons. The SMILES string of the molecule is CC(=O)N(c1ccc2c(c1)N(C(C)=O)C(C)CN2C(=O)O)C(C)C. The fourth-order valence-corrected chi connectivity index (χ4v) is 3.27. The van der Waals surface area contributed by atoms with Gasteiger partial charge in [-0.3, -0.25) is 14.5 Å². The van der Waals surface area contributed by atoms with E-state index in [1.165, 1.54) is 18.7 Å². The van der Waals surface area contributed by atoms with Gasteiger partial charge in [-0.15, -0.1) is 0 Å². The number of benzene rings is 1. The number of rotatable bonds is 2. The van der Waals surface area contributed by atoms with Gasteiger partial charge in [0.05, 0.1) is 17.4 Å². The lowest BCUT2D eigenvalue weighted by Gasteiger charge is -2.40. The first kappa shape index (κ1) is 17.8. The van der Waals surface area contributed by atoms with Crippen molar-refractivity contribution in [2.24, 2.45) is 0 Å². The minimum absolute atomic E-state index is 0.0529. The summed E-state index contributed by atoms with van der Waals surface area (Å²) in [7, 11) is 0. The molecule has 1 N–H and O–H groups in total. The van der Waals surface area contributed by atoms with Gasteiger partial charge < -0.3 is 14.9 Å². The lowest BCUT2D eigenvalue weighted by atomic mass is 10.1. The topological polar surface area (TPSA) is 81.2 Å². The number of carboxylic acid groups (broad SMARTS) is 1. The monoisotopic (exact) mass is 333 g/mol. The number of amides is 3. The van der Waals surface area contributed by atoms with Gasteiger partial charge in [-0.2, -0.15) is 0 Å². The number of hydrogen-bond acceptors (Lipinski definition) is 3. The van der Waals surface area contributed by atoms with Crippen molar-refractivity contribution in [2.75, 3.05) is 21.2 Å². The first-order chi connectivity index (χ1) is 11.1. The Kier molecular flexibility index (Phi) is 4.82. The van der Waals surface area contributed by atoms with Crippen LogP contribution in [-0.2, 0) is 9.59 Å². The molecule has 2 rings (SSSR count). The van der Waals surface area contributed by atoms with E-state index in [4.69, 9.17) is 0 Å². The molecule has 0 fully saturated rings. The molecule has 0 saturated carbocycles. The van der Waals surface area contributed by atoms with E-state index in [2.05, 4.69) is 0 Å². The molecule has 0 aromatic heterocycles. The summed E-state index contributed by atoms with van der Waals surface area (Å²) >= 11 is 0. The quantitative estimate of drug-likeness (QED) is 0.902. The molecule has 1 unspecified atom stereocenters. The Morgan fingerprint density at radius 1 is 1.21 bits per heavy atom. The summed E-state index contributed by atoms with van der Waals surface area (Å²) in [6, 6.07) is 4.74. The molecular formula is C17H23N3O4. The van der Waals surface area contributed by atoms with E-state index in [1.807, 2.05) is 13.8 Å². The molecule has 130 valence electrons. The fourth-order valence-electron chi connectivity index (χ4n) is 3.27. The average Bonchev–Trinajstić information content (AvgIpc) is 2.44. The molecule has 0 saturated heterocycles. The van der Waals surface area contributed by atoms with Gasteiger partial charge in [-0.05, 0) is 39.0 Å². The summed E-state index contributed by atoms with van der Waals surface area (Å²) in [5.74, 6) is -0.275. The fraction of sp³-hybridized carbons (Fsp3) is 0.471. The maximum absolute atomic E-state index is 12.1. The highest BCUT2D eigenvalue weighted by molar-refractivity contribution is 6.03. The van der Waals surface area contributed by atoms with Gasteiger partial charge in [0.15, 0.2) is 0 Å². The van der Waals surface area contributed by atoms with E-state index in [9.17, 15) is 19.5 Å². The van der Waals surface area contributed by atoms with Crippen LogP contribution in [0.5, 0.6) is 0 Å². The van der Waals surface area contributed by atoms with Crippen LogP contribution in [0.4, 0.5) is 21.9 Å². The minimum atomic E-state index is -1.06. The molecular weight excluding hydrogens is 310 g/mol. The third-order valence-electron chi connectivity index (χ3n) is 4.10. The van der Waals surface area contributed by atoms with E-state index in [0.717, 1.165) is 0 Å². The van der Waals surface area contributed by atoms with E-state index < -0.39 is 6.09 Å². The number of carbonyl (C=O) groups is 3. The Labute approximate surface area is 141 Å². The predicted molar refractivity (Wildman–Crippen MR) is 92.7 cm³/mol. The van der Waals surface area contributed by atoms with Crippen molar-refractivity contribution in [3.8, 4) is 0 Å². The van der Waals surface area contributed by atoms with Gasteiger partial charge >= 0.3 is 6.09 Å². The van der Waals surface area contributed by atoms with Crippen molar-refractivity contribution in [2.45, 2.75) is 46.7 Å². The maximum Gasteiger partial charge on any atom is 0.411 e. The average molecular weight is 333 g/mol. The maximum atomic E-state index is 12.1. The molecule has 7 nitrogen and oxygen atoms in total. The molecule has 0 spiro atoms. The summed E-state index contributed by atoms with van der Waals surface area (Å²) in [6.45, 7) is 8.74. The minimum Gasteiger partial charge on any atom is -0.465 e. The largest absolute Gasteiger partial charge is 0.465 e. The molecule has 1 aliphatic heterocycles. The zero-order chi connectivity index (χ0) is 18.2. The van der Waals surface area contributed by atoms with Crippen LogP contribution in [0.25, 0.3) is 0 Å². The Bertz CT molecular complexity index is 686. The van der Waals surface area contributed by atoms with E-state index in [-0.39, 0.29) is 30.4 Å². The number of anilines is 3. The molecule has 7 heteroatoms. The molecule has 3 amide bonds. The number of carbonyl (C=O) groups excluding carboxylic acids is 2. The molecule has 1 aromatic carbocycles. The van der Waals surface area contributed by atoms with E-state index in [0.29, 0.717) is 17.1 Å². The van der Waals surface area contributed by atoms with Crippen LogP contribution in [0.15, 0.2) is 18.2 Å². The highest BCUT2D eigenvalue weighted by Gasteiger charge is 2.34. The predicted octanol–water partition coefficient (Wildman–Crippen LogP) is 2.69. The standard InChI is InChI=1S/C17H23N3O4/c1-10(2)19(12(4)21)14-6-7-15-16(8-14)20(13(5)22)11(3)9-18(15)17(23)24/h6-8,10-11H,9H2,1-5H3,(H,23,24). The molecule has 1 heterocycles. The summed E-state index contributed by atoms with van der Waals surface area (Å²) in [6.07, 6.45) is -1.06. The molecule has 24 heavy (non-hydrogen) atoms. The first-order valence-electron chi connectivity index (χ1n) is 7.89. The highest BCUT2D eigenvalue weighted by Crippen LogP contribution is 2.39. The van der Waals surface area contributed by atoms with Crippen molar-refractivity contribution in [3.05, 3.63) is 18.2 Å². The van der Waals surface area contributed by atoms with Gasteiger partial charge in [-0.25, -0.2) is 4.79 Å². The molecule has 1 aromatic rings. The molecule has 1 aliphatic rings. The summed E-state index contributed by atoms with van der Waals surface area (Å²) in [5, 5.41) is 9.44. The van der Waals surface area contributed by atoms with Crippen LogP contribution in [0.1, 0.15) is 34.6 Å². The summed E-state index contributed by atoms with van der Waals surface area (Å²) in [4.78, 5) is 40.0. The van der Waals surface area contributed by atoms with Gasteiger partial charge in [0.2, 0.25) is 11.8 Å².